The summed E-state index contributed by atoms with van der Waals surface area (Å²) in [5.41, 5.74) is 4.88. The van der Waals surface area contributed by atoms with Gasteiger partial charge in [-0.05, 0) is 12.1 Å². The van der Waals surface area contributed by atoms with Crippen LogP contribution in [0.3, 0.4) is 0 Å². The van der Waals surface area contributed by atoms with Crippen molar-refractivity contribution in [3.8, 4) is 11.3 Å². The molecule has 0 saturated heterocycles. The number of amides is 2. The van der Waals surface area contributed by atoms with Crippen molar-refractivity contribution in [2.24, 2.45) is 0 Å². The van der Waals surface area contributed by atoms with Gasteiger partial charge in [-0.15, -0.1) is 0 Å². The SMILES string of the molecule is O=C(Nc1cccnc1)N1CCc2[nH]nc(-c3ccccc3)c2C1. The number of benzene rings is 1. The lowest BCUT2D eigenvalue weighted by Gasteiger charge is -2.27. The zero-order valence-electron chi connectivity index (χ0n) is 13.1. The Balaban J connectivity index is 1.55. The van der Waals surface area contributed by atoms with Crippen LogP contribution in [0.25, 0.3) is 11.3 Å². The molecule has 6 nitrogen and oxygen atoms in total. The fourth-order valence-electron chi connectivity index (χ4n) is 2.94. The molecule has 2 amide bonds. The number of aromatic nitrogens is 3. The first-order valence-corrected chi connectivity index (χ1v) is 7.89. The molecule has 24 heavy (non-hydrogen) atoms. The Morgan fingerprint density at radius 1 is 1.17 bits per heavy atom. The minimum Gasteiger partial charge on any atom is -0.320 e. The molecule has 0 saturated carbocycles. The molecule has 0 bridgehead atoms. The van der Waals surface area contributed by atoms with E-state index in [-0.39, 0.29) is 6.03 Å². The third-order valence-electron chi connectivity index (χ3n) is 4.18. The first kappa shape index (κ1) is 14.4. The normalized spacial score (nSPS) is 13.4. The summed E-state index contributed by atoms with van der Waals surface area (Å²) in [6.45, 7) is 1.21. The maximum absolute atomic E-state index is 12.5. The van der Waals surface area contributed by atoms with E-state index >= 15 is 0 Å². The zero-order valence-corrected chi connectivity index (χ0v) is 13.1. The van der Waals surface area contributed by atoms with Crippen molar-refractivity contribution in [2.45, 2.75) is 13.0 Å². The monoisotopic (exact) mass is 319 g/mol. The molecule has 1 aromatic carbocycles. The number of nitrogens with zero attached hydrogens (tertiary/aromatic N) is 3. The number of hydrogen-bond acceptors (Lipinski definition) is 3. The number of pyridine rings is 1. The number of fused-ring (bicyclic) bond motifs is 1. The van der Waals surface area contributed by atoms with Crippen LogP contribution < -0.4 is 5.32 Å². The van der Waals surface area contributed by atoms with Crippen molar-refractivity contribution < 1.29 is 4.79 Å². The van der Waals surface area contributed by atoms with Crippen LogP contribution in [0, 0.1) is 0 Å². The van der Waals surface area contributed by atoms with Crippen molar-refractivity contribution in [2.75, 3.05) is 11.9 Å². The van der Waals surface area contributed by atoms with Gasteiger partial charge in [-0.3, -0.25) is 10.1 Å². The highest BCUT2D eigenvalue weighted by atomic mass is 16.2. The average Bonchev–Trinajstić information content (AvgIpc) is 3.06. The molecule has 0 radical (unpaired) electrons. The van der Waals surface area contributed by atoms with Crippen molar-refractivity contribution in [3.05, 3.63) is 66.1 Å². The molecule has 3 heterocycles. The number of carbonyl (C=O) groups is 1. The van der Waals surface area contributed by atoms with Gasteiger partial charge in [0.2, 0.25) is 0 Å². The highest BCUT2D eigenvalue weighted by Crippen LogP contribution is 2.28. The number of carbonyl (C=O) groups excluding carboxylic acids is 1. The second kappa shape index (κ2) is 6.16. The van der Waals surface area contributed by atoms with Gasteiger partial charge in [0.05, 0.1) is 24.1 Å². The Kier molecular flexibility index (Phi) is 3.70. The summed E-state index contributed by atoms with van der Waals surface area (Å²) in [5, 5.41) is 10.5. The summed E-state index contributed by atoms with van der Waals surface area (Å²) in [7, 11) is 0. The highest BCUT2D eigenvalue weighted by molar-refractivity contribution is 5.89. The van der Waals surface area contributed by atoms with Gasteiger partial charge in [0.25, 0.3) is 0 Å². The molecule has 2 aromatic heterocycles. The van der Waals surface area contributed by atoms with E-state index in [1.807, 2.05) is 36.4 Å². The Hall–Kier alpha value is -3.15. The van der Waals surface area contributed by atoms with Crippen LogP contribution in [-0.4, -0.2) is 32.7 Å². The Bertz CT molecular complexity index is 844. The predicted octanol–water partition coefficient (Wildman–Crippen LogP) is 3.06. The highest BCUT2D eigenvalue weighted by Gasteiger charge is 2.25. The smallest absolute Gasteiger partial charge is 0.320 e. The molecule has 1 aliphatic heterocycles. The Morgan fingerprint density at radius 3 is 2.83 bits per heavy atom. The zero-order chi connectivity index (χ0) is 16.4. The number of nitrogens with one attached hydrogen (secondary N) is 2. The van der Waals surface area contributed by atoms with Crippen LogP contribution in [0.5, 0.6) is 0 Å². The first-order valence-electron chi connectivity index (χ1n) is 7.89. The van der Waals surface area contributed by atoms with Crippen LogP contribution in [-0.2, 0) is 13.0 Å². The molecule has 3 aromatic rings. The van der Waals surface area contributed by atoms with Gasteiger partial charge < -0.3 is 10.2 Å². The number of aromatic amines is 1. The molecule has 0 spiro atoms. The predicted molar refractivity (Wildman–Crippen MR) is 91.4 cm³/mol. The van der Waals surface area contributed by atoms with Crippen LogP contribution in [0.1, 0.15) is 11.3 Å². The number of anilines is 1. The fraction of sp³-hybridized carbons (Fsp3) is 0.167. The van der Waals surface area contributed by atoms with E-state index < -0.39 is 0 Å². The van der Waals surface area contributed by atoms with Gasteiger partial charge in [0.15, 0.2) is 0 Å². The lowest BCUT2D eigenvalue weighted by Crippen LogP contribution is -2.38. The summed E-state index contributed by atoms with van der Waals surface area (Å²) < 4.78 is 0. The number of rotatable bonds is 2. The number of urea groups is 1. The van der Waals surface area contributed by atoms with E-state index in [1.54, 1.807) is 23.4 Å². The molecular weight excluding hydrogens is 302 g/mol. The van der Waals surface area contributed by atoms with E-state index in [0.717, 1.165) is 28.9 Å². The van der Waals surface area contributed by atoms with Gasteiger partial charge in [-0.2, -0.15) is 5.10 Å². The molecular formula is C18H17N5O. The number of H-pyrrole nitrogens is 1. The summed E-state index contributed by atoms with van der Waals surface area (Å²) >= 11 is 0. The lowest BCUT2D eigenvalue weighted by atomic mass is 10.0. The Labute approximate surface area is 139 Å². The van der Waals surface area contributed by atoms with E-state index in [2.05, 4.69) is 20.5 Å². The summed E-state index contributed by atoms with van der Waals surface area (Å²) in [5.74, 6) is 0. The number of hydrogen-bond donors (Lipinski definition) is 2. The molecule has 6 heteroatoms. The largest absolute Gasteiger partial charge is 0.322 e. The van der Waals surface area contributed by atoms with E-state index in [0.29, 0.717) is 18.8 Å². The summed E-state index contributed by atoms with van der Waals surface area (Å²) in [4.78, 5) is 18.3. The average molecular weight is 319 g/mol. The van der Waals surface area contributed by atoms with Crippen LogP contribution in [0.2, 0.25) is 0 Å². The Morgan fingerprint density at radius 2 is 2.04 bits per heavy atom. The minimum atomic E-state index is -0.117. The molecule has 0 atom stereocenters. The van der Waals surface area contributed by atoms with Crippen molar-refractivity contribution >= 4 is 11.7 Å². The lowest BCUT2D eigenvalue weighted by molar-refractivity contribution is 0.206. The van der Waals surface area contributed by atoms with Crippen LogP contribution in [0.4, 0.5) is 10.5 Å². The molecule has 120 valence electrons. The third-order valence-corrected chi connectivity index (χ3v) is 4.18. The van der Waals surface area contributed by atoms with Crippen molar-refractivity contribution in [3.63, 3.8) is 0 Å². The van der Waals surface area contributed by atoms with Gasteiger partial charge in [0.1, 0.15) is 0 Å². The van der Waals surface area contributed by atoms with Gasteiger partial charge >= 0.3 is 6.03 Å². The maximum Gasteiger partial charge on any atom is 0.322 e. The standard InChI is InChI=1S/C18H17N5O/c24-18(20-14-7-4-9-19-11-14)23-10-8-16-15(12-23)17(22-21-16)13-5-2-1-3-6-13/h1-7,9,11H,8,10,12H2,(H,20,24)(H,21,22). The van der Waals surface area contributed by atoms with Gasteiger partial charge in [-0.1, -0.05) is 30.3 Å². The van der Waals surface area contributed by atoms with E-state index in [1.165, 1.54) is 0 Å². The molecule has 1 aliphatic rings. The second-order valence-electron chi connectivity index (χ2n) is 5.74. The summed E-state index contributed by atoms with van der Waals surface area (Å²) in [6.07, 6.45) is 4.09. The van der Waals surface area contributed by atoms with Crippen molar-refractivity contribution in [1.29, 1.82) is 0 Å². The quantitative estimate of drug-likeness (QED) is 0.762. The van der Waals surface area contributed by atoms with Crippen LogP contribution >= 0.6 is 0 Å². The molecule has 2 N–H and O–H groups in total. The maximum atomic E-state index is 12.5. The minimum absolute atomic E-state index is 0.117. The topological polar surface area (TPSA) is 73.9 Å². The molecule has 0 fully saturated rings. The molecule has 0 unspecified atom stereocenters. The van der Waals surface area contributed by atoms with E-state index in [9.17, 15) is 4.79 Å². The third kappa shape index (κ3) is 2.74. The van der Waals surface area contributed by atoms with E-state index in [4.69, 9.17) is 0 Å². The van der Waals surface area contributed by atoms with Crippen LogP contribution in [0.15, 0.2) is 54.9 Å². The fourth-order valence-corrected chi connectivity index (χ4v) is 2.94. The molecule has 4 rings (SSSR count). The van der Waals surface area contributed by atoms with Crippen molar-refractivity contribution in [1.82, 2.24) is 20.1 Å². The van der Waals surface area contributed by atoms with Gasteiger partial charge in [-0.25, -0.2) is 4.79 Å². The summed E-state index contributed by atoms with van der Waals surface area (Å²) in [6, 6.07) is 13.5. The molecule has 0 aliphatic carbocycles. The van der Waals surface area contributed by atoms with Gasteiger partial charge in [0, 0.05) is 36.0 Å². The second-order valence-corrected chi connectivity index (χ2v) is 5.74. The first-order chi connectivity index (χ1) is 11.8.